The van der Waals surface area contributed by atoms with Gasteiger partial charge in [-0.1, -0.05) is 0 Å². The van der Waals surface area contributed by atoms with E-state index in [9.17, 15) is 9.59 Å². The molecule has 2 aromatic heterocycles. The molecule has 2 heterocycles. The topological polar surface area (TPSA) is 91.1 Å². The molecule has 0 unspecified atom stereocenters. The van der Waals surface area contributed by atoms with E-state index in [1.807, 2.05) is 111 Å². The van der Waals surface area contributed by atoms with Crippen LogP contribution in [-0.4, -0.2) is 61.1 Å². The minimum atomic E-state index is -0.0764. The van der Waals surface area contributed by atoms with E-state index in [0.717, 1.165) is 45.3 Å². The maximum absolute atomic E-state index is 11.8. The van der Waals surface area contributed by atoms with Crippen molar-refractivity contribution in [1.29, 1.82) is 0 Å². The second-order valence-electron chi connectivity index (χ2n) is 10.0. The molecule has 2 aliphatic carbocycles. The largest absolute Gasteiger partial charge is 0.378 e. The van der Waals surface area contributed by atoms with Gasteiger partial charge in [-0.05, 0) is 97.1 Å². The van der Waals surface area contributed by atoms with Crippen molar-refractivity contribution in [2.24, 2.45) is 9.98 Å². The van der Waals surface area contributed by atoms with Crippen molar-refractivity contribution in [3.05, 3.63) is 132 Å². The number of carbonyl (C=O) groups excluding carboxylic acids is 2. The SMILES string of the molecule is CN(C)c1ccc(N=C2C=CC(=O)c3ncccc32)cc1.CN(C)c1ccc(N=C2C=CC(=O)c3ncccc32)cc1.[Ni]. The van der Waals surface area contributed by atoms with Gasteiger partial charge < -0.3 is 9.80 Å². The molecule has 4 aromatic rings. The number of pyridine rings is 2. The molecule has 0 N–H and O–H groups in total. The van der Waals surface area contributed by atoms with Crippen molar-refractivity contribution in [2.75, 3.05) is 38.0 Å². The Morgan fingerprint density at radius 1 is 0.535 bits per heavy atom. The minimum Gasteiger partial charge on any atom is -0.378 e. The molecule has 0 aliphatic heterocycles. The van der Waals surface area contributed by atoms with Gasteiger partial charge in [-0.25, -0.2) is 9.98 Å². The van der Waals surface area contributed by atoms with Crippen LogP contribution < -0.4 is 9.80 Å². The van der Waals surface area contributed by atoms with E-state index >= 15 is 0 Å². The van der Waals surface area contributed by atoms with Gasteiger partial charge >= 0.3 is 0 Å². The number of rotatable bonds is 4. The molecule has 0 bridgehead atoms. The molecule has 8 nitrogen and oxygen atoms in total. The van der Waals surface area contributed by atoms with Crippen molar-refractivity contribution in [1.82, 2.24) is 9.97 Å². The van der Waals surface area contributed by atoms with Gasteiger partial charge in [0.25, 0.3) is 0 Å². The first-order valence-corrected chi connectivity index (χ1v) is 13.4. The Morgan fingerprint density at radius 3 is 1.26 bits per heavy atom. The standard InChI is InChI=1S/2C17H15N3O.Ni/c2*1-20(2)13-7-5-12(6-8-13)19-15-9-10-16(21)17-14(15)4-3-11-18-17;/h2*3-11H,1-2H3;. The summed E-state index contributed by atoms with van der Waals surface area (Å²) in [6.07, 6.45) is 9.77. The summed E-state index contributed by atoms with van der Waals surface area (Å²) in [5, 5.41) is 0. The van der Waals surface area contributed by atoms with Gasteiger partial charge in [0.15, 0.2) is 0 Å². The minimum absolute atomic E-state index is 0. The van der Waals surface area contributed by atoms with Crippen LogP contribution in [0, 0.1) is 0 Å². The summed E-state index contributed by atoms with van der Waals surface area (Å²) in [4.78, 5) is 45.2. The van der Waals surface area contributed by atoms with E-state index in [1.165, 1.54) is 12.2 Å². The number of nitrogens with zero attached hydrogens (tertiary/aromatic N) is 6. The average Bonchev–Trinajstić information content (AvgIpc) is 3.01. The molecule has 0 atom stereocenters. The van der Waals surface area contributed by atoms with Crippen molar-refractivity contribution >= 4 is 45.7 Å². The molecule has 9 heteroatoms. The monoisotopic (exact) mass is 612 g/mol. The van der Waals surface area contributed by atoms with E-state index in [-0.39, 0.29) is 28.1 Å². The predicted molar refractivity (Wildman–Crippen MR) is 169 cm³/mol. The smallest absolute Gasteiger partial charge is 0.204 e. The quantitative estimate of drug-likeness (QED) is 0.261. The fourth-order valence-corrected chi connectivity index (χ4v) is 4.39. The summed E-state index contributed by atoms with van der Waals surface area (Å²) < 4.78 is 0. The summed E-state index contributed by atoms with van der Waals surface area (Å²) in [5.74, 6) is -0.153. The van der Waals surface area contributed by atoms with E-state index in [1.54, 1.807) is 24.5 Å². The molecule has 0 radical (unpaired) electrons. The Morgan fingerprint density at radius 2 is 0.907 bits per heavy atom. The number of anilines is 2. The maximum Gasteiger partial charge on any atom is 0.204 e. The van der Waals surface area contributed by atoms with Crippen molar-refractivity contribution in [3.63, 3.8) is 0 Å². The number of hydrogen-bond donors (Lipinski definition) is 0. The van der Waals surface area contributed by atoms with E-state index < -0.39 is 0 Å². The van der Waals surface area contributed by atoms with E-state index in [0.29, 0.717) is 11.4 Å². The summed E-state index contributed by atoms with van der Waals surface area (Å²) in [6.45, 7) is 0. The third-order valence-corrected chi connectivity index (χ3v) is 6.65. The second-order valence-corrected chi connectivity index (χ2v) is 10.0. The molecular formula is C34H30N6NiO2. The van der Waals surface area contributed by atoms with E-state index in [4.69, 9.17) is 0 Å². The Kier molecular flexibility index (Phi) is 9.91. The molecule has 2 aromatic carbocycles. The number of fused-ring (bicyclic) bond motifs is 2. The van der Waals surface area contributed by atoms with Crippen LogP contribution in [0.15, 0.2) is 119 Å². The van der Waals surface area contributed by atoms with Gasteiger partial charge in [0, 0.05) is 79.6 Å². The van der Waals surface area contributed by atoms with Crippen LogP contribution in [0.1, 0.15) is 32.1 Å². The number of aromatic nitrogens is 2. The van der Waals surface area contributed by atoms with Gasteiger partial charge in [0.1, 0.15) is 11.4 Å². The molecule has 2 aliphatic rings. The summed E-state index contributed by atoms with van der Waals surface area (Å²) >= 11 is 0. The second kappa shape index (κ2) is 13.8. The third-order valence-electron chi connectivity index (χ3n) is 6.65. The summed E-state index contributed by atoms with van der Waals surface area (Å²) in [5.41, 5.74) is 7.95. The van der Waals surface area contributed by atoms with Crippen LogP contribution in [0.25, 0.3) is 0 Å². The maximum atomic E-state index is 11.8. The van der Waals surface area contributed by atoms with E-state index in [2.05, 4.69) is 20.0 Å². The zero-order valence-electron chi connectivity index (χ0n) is 24.2. The molecular weight excluding hydrogens is 583 g/mol. The number of allylic oxidation sites excluding steroid dienone is 4. The first kappa shape index (κ1) is 30.9. The zero-order valence-corrected chi connectivity index (χ0v) is 25.2. The molecule has 0 saturated carbocycles. The van der Waals surface area contributed by atoms with Gasteiger partial charge in [-0.15, -0.1) is 0 Å². The number of aliphatic imine (C=N–C) groups is 2. The first-order valence-electron chi connectivity index (χ1n) is 13.4. The molecule has 6 rings (SSSR count). The Bertz CT molecular complexity index is 1620. The van der Waals surface area contributed by atoms with Crippen LogP contribution in [0.5, 0.6) is 0 Å². The number of benzene rings is 2. The number of carbonyl (C=O) groups is 2. The van der Waals surface area contributed by atoms with Crippen LogP contribution in [0.4, 0.5) is 22.7 Å². The summed E-state index contributed by atoms with van der Waals surface area (Å²) in [7, 11) is 7.99. The number of hydrogen-bond acceptors (Lipinski definition) is 8. The zero-order chi connectivity index (χ0) is 29.6. The summed E-state index contributed by atoms with van der Waals surface area (Å²) in [6, 6.07) is 23.3. The Balaban J connectivity index is 0.000000192. The van der Waals surface area contributed by atoms with Gasteiger partial charge in [0.05, 0.1) is 22.8 Å². The first-order chi connectivity index (χ1) is 20.3. The normalized spacial score (nSPS) is 14.8. The van der Waals surface area contributed by atoms with Crippen LogP contribution in [-0.2, 0) is 16.5 Å². The van der Waals surface area contributed by atoms with Gasteiger partial charge in [-0.3, -0.25) is 19.6 Å². The predicted octanol–water partition coefficient (Wildman–Crippen LogP) is 6.04. The average molecular weight is 613 g/mol. The van der Waals surface area contributed by atoms with Crippen LogP contribution in [0.3, 0.4) is 0 Å². The molecule has 0 amide bonds. The van der Waals surface area contributed by atoms with Crippen LogP contribution >= 0.6 is 0 Å². The van der Waals surface area contributed by atoms with Crippen molar-refractivity contribution < 1.29 is 26.1 Å². The molecule has 43 heavy (non-hydrogen) atoms. The van der Waals surface area contributed by atoms with Crippen molar-refractivity contribution in [3.8, 4) is 0 Å². The van der Waals surface area contributed by atoms with Gasteiger partial charge in [0.2, 0.25) is 11.6 Å². The molecule has 218 valence electrons. The van der Waals surface area contributed by atoms with Crippen molar-refractivity contribution in [2.45, 2.75) is 0 Å². The third kappa shape index (κ3) is 7.26. The van der Waals surface area contributed by atoms with Crippen LogP contribution in [0.2, 0.25) is 0 Å². The molecule has 0 spiro atoms. The molecule has 0 fully saturated rings. The molecule has 0 saturated heterocycles. The fourth-order valence-electron chi connectivity index (χ4n) is 4.39. The van der Waals surface area contributed by atoms with Gasteiger partial charge in [-0.2, -0.15) is 0 Å². The fraction of sp³-hybridized carbons (Fsp3) is 0.118. The Labute approximate surface area is 261 Å². The Hall–Kier alpha value is -5.01. The number of ketones is 2.